The van der Waals surface area contributed by atoms with E-state index in [4.69, 9.17) is 15.0 Å². The first-order valence-electron chi connectivity index (χ1n) is 4.67. The molecule has 0 aliphatic heterocycles. The summed E-state index contributed by atoms with van der Waals surface area (Å²) in [5.74, 6) is -2.59. The van der Waals surface area contributed by atoms with Crippen molar-refractivity contribution in [2.45, 2.75) is 26.7 Å². The molecule has 0 spiro atoms. The molecule has 0 aromatic rings. The summed E-state index contributed by atoms with van der Waals surface area (Å²) in [7, 11) is 0. The zero-order chi connectivity index (χ0) is 13.0. The smallest absolute Gasteiger partial charge is 0.331 e. The molecule has 0 atom stereocenters. The fourth-order valence-corrected chi connectivity index (χ4v) is 0.505. The number of ether oxygens (including phenoxy) is 1. The Hall–Kier alpha value is -1.85. The molecule has 92 valence electrons. The Labute approximate surface area is 93.5 Å². The zero-order valence-corrected chi connectivity index (χ0v) is 9.30. The van der Waals surface area contributed by atoms with Crippen molar-refractivity contribution in [1.29, 1.82) is 0 Å². The van der Waals surface area contributed by atoms with E-state index < -0.39 is 17.9 Å². The van der Waals surface area contributed by atoms with Crippen molar-refractivity contribution in [1.82, 2.24) is 0 Å². The van der Waals surface area contributed by atoms with Crippen LogP contribution in [0.2, 0.25) is 0 Å². The van der Waals surface area contributed by atoms with Crippen molar-refractivity contribution in [3.63, 3.8) is 0 Å². The van der Waals surface area contributed by atoms with Gasteiger partial charge in [-0.2, -0.15) is 0 Å². The molecular weight excluding hydrogens is 216 g/mol. The van der Waals surface area contributed by atoms with Crippen LogP contribution in [0.15, 0.2) is 12.2 Å². The van der Waals surface area contributed by atoms with Gasteiger partial charge < -0.3 is 14.9 Å². The van der Waals surface area contributed by atoms with Gasteiger partial charge in [-0.25, -0.2) is 9.59 Å². The summed E-state index contributed by atoms with van der Waals surface area (Å²) in [5, 5.41) is 15.6. The Morgan fingerprint density at radius 1 is 1.19 bits per heavy atom. The van der Waals surface area contributed by atoms with Crippen LogP contribution in [-0.2, 0) is 19.1 Å². The van der Waals surface area contributed by atoms with E-state index in [1.807, 2.05) is 6.92 Å². The lowest BCUT2D eigenvalue weighted by atomic mass is 10.4. The molecule has 6 heteroatoms. The number of esters is 1. The normalized spacial score (nSPS) is 9.12. The molecule has 0 amide bonds. The predicted octanol–water partition coefficient (Wildman–Crippen LogP) is 1.06. The van der Waals surface area contributed by atoms with Crippen molar-refractivity contribution >= 4 is 17.9 Å². The Morgan fingerprint density at radius 3 is 2.06 bits per heavy atom. The largest absolute Gasteiger partial charge is 0.481 e. The van der Waals surface area contributed by atoms with Crippen molar-refractivity contribution in [3.8, 4) is 0 Å². The van der Waals surface area contributed by atoms with Crippen LogP contribution in [0.5, 0.6) is 0 Å². The second-order valence-electron chi connectivity index (χ2n) is 2.71. The van der Waals surface area contributed by atoms with Crippen molar-refractivity contribution in [2.75, 3.05) is 6.61 Å². The highest BCUT2D eigenvalue weighted by Crippen LogP contribution is 1.89. The summed E-state index contributed by atoms with van der Waals surface area (Å²) in [4.78, 5) is 29.6. The van der Waals surface area contributed by atoms with Gasteiger partial charge in [0.15, 0.2) is 0 Å². The minimum absolute atomic E-state index is 0.347. The Bertz CT molecular complexity index is 252. The molecule has 0 aliphatic carbocycles. The average Bonchev–Trinajstić information content (AvgIpc) is 2.14. The number of carboxylic acids is 2. The number of aliphatic carboxylic acids is 2. The molecule has 0 radical (unpaired) electrons. The number of carbonyl (C=O) groups is 3. The molecule has 0 aromatic heterocycles. The number of rotatable bonds is 5. The first-order valence-corrected chi connectivity index (χ1v) is 4.67. The van der Waals surface area contributed by atoms with Crippen LogP contribution in [0.3, 0.4) is 0 Å². The van der Waals surface area contributed by atoms with Crippen LogP contribution in [0.1, 0.15) is 26.7 Å². The van der Waals surface area contributed by atoms with Crippen LogP contribution in [0.4, 0.5) is 0 Å². The van der Waals surface area contributed by atoms with Gasteiger partial charge in [-0.1, -0.05) is 13.3 Å². The first kappa shape index (κ1) is 16.6. The van der Waals surface area contributed by atoms with Gasteiger partial charge in [0, 0.05) is 19.1 Å². The van der Waals surface area contributed by atoms with Crippen molar-refractivity contribution < 1.29 is 29.3 Å². The SMILES string of the molecule is CC(=O)O.CCCCOC(=O)/C=C\C(=O)O. The summed E-state index contributed by atoms with van der Waals surface area (Å²) < 4.78 is 4.64. The second kappa shape index (κ2) is 11.2. The standard InChI is InChI=1S/C8H12O4.C2H4O2/c1-2-3-6-12-8(11)5-4-7(9)10;1-2(3)4/h4-5H,2-3,6H2,1H3,(H,9,10);1H3,(H,3,4)/b5-4-;. The van der Waals surface area contributed by atoms with E-state index in [1.54, 1.807) is 0 Å². The third-order valence-corrected chi connectivity index (χ3v) is 1.10. The van der Waals surface area contributed by atoms with E-state index in [0.717, 1.165) is 31.9 Å². The quantitative estimate of drug-likeness (QED) is 0.417. The third-order valence-electron chi connectivity index (χ3n) is 1.10. The molecule has 0 rings (SSSR count). The number of hydrogen-bond donors (Lipinski definition) is 2. The van der Waals surface area contributed by atoms with Gasteiger partial charge in [0.1, 0.15) is 0 Å². The molecule has 0 unspecified atom stereocenters. The molecule has 16 heavy (non-hydrogen) atoms. The van der Waals surface area contributed by atoms with Crippen molar-refractivity contribution in [2.24, 2.45) is 0 Å². The molecule has 0 saturated carbocycles. The highest BCUT2D eigenvalue weighted by atomic mass is 16.5. The Morgan fingerprint density at radius 2 is 1.69 bits per heavy atom. The summed E-state index contributed by atoms with van der Waals surface area (Å²) in [6.45, 7) is 3.40. The molecule has 0 fully saturated rings. The molecule has 0 bridgehead atoms. The highest BCUT2D eigenvalue weighted by molar-refractivity contribution is 5.90. The highest BCUT2D eigenvalue weighted by Gasteiger charge is 1.96. The topological polar surface area (TPSA) is 101 Å². The van der Waals surface area contributed by atoms with E-state index in [-0.39, 0.29) is 0 Å². The van der Waals surface area contributed by atoms with Crippen LogP contribution in [-0.4, -0.2) is 34.7 Å². The minimum Gasteiger partial charge on any atom is -0.481 e. The lowest BCUT2D eigenvalue weighted by Crippen LogP contribution is -2.02. The van der Waals surface area contributed by atoms with E-state index >= 15 is 0 Å². The summed E-state index contributed by atoms with van der Waals surface area (Å²) in [5.41, 5.74) is 0. The van der Waals surface area contributed by atoms with Gasteiger partial charge in [0.05, 0.1) is 6.61 Å². The lowest BCUT2D eigenvalue weighted by molar-refractivity contribution is -0.138. The van der Waals surface area contributed by atoms with Crippen LogP contribution in [0.25, 0.3) is 0 Å². The van der Waals surface area contributed by atoms with Crippen LogP contribution < -0.4 is 0 Å². The summed E-state index contributed by atoms with van der Waals surface area (Å²) in [6.07, 6.45) is 3.40. The van der Waals surface area contributed by atoms with E-state index in [9.17, 15) is 9.59 Å². The maximum atomic E-state index is 10.6. The zero-order valence-electron chi connectivity index (χ0n) is 9.30. The molecule has 6 nitrogen and oxygen atoms in total. The third kappa shape index (κ3) is 22.7. The first-order chi connectivity index (χ1) is 7.40. The average molecular weight is 232 g/mol. The summed E-state index contributed by atoms with van der Waals surface area (Å²) in [6, 6.07) is 0. The van der Waals surface area contributed by atoms with Crippen LogP contribution >= 0.6 is 0 Å². The van der Waals surface area contributed by atoms with Crippen LogP contribution in [0, 0.1) is 0 Å². The fraction of sp³-hybridized carbons (Fsp3) is 0.500. The number of unbranched alkanes of at least 4 members (excludes halogenated alkanes) is 1. The number of carboxylic acid groups (broad SMARTS) is 2. The van der Waals surface area contributed by atoms with Crippen molar-refractivity contribution in [3.05, 3.63) is 12.2 Å². The maximum Gasteiger partial charge on any atom is 0.331 e. The molecule has 0 aromatic carbocycles. The molecule has 0 saturated heterocycles. The Kier molecular flexibility index (Phi) is 11.6. The lowest BCUT2D eigenvalue weighted by Gasteiger charge is -1.97. The van der Waals surface area contributed by atoms with E-state index in [0.29, 0.717) is 6.61 Å². The van der Waals surface area contributed by atoms with Gasteiger partial charge in [-0.3, -0.25) is 4.79 Å². The van der Waals surface area contributed by atoms with E-state index in [2.05, 4.69) is 4.74 Å². The fourth-order valence-electron chi connectivity index (χ4n) is 0.505. The monoisotopic (exact) mass is 232 g/mol. The van der Waals surface area contributed by atoms with Gasteiger partial charge in [0.2, 0.25) is 0 Å². The number of hydrogen-bond acceptors (Lipinski definition) is 4. The van der Waals surface area contributed by atoms with E-state index in [1.165, 1.54) is 0 Å². The van der Waals surface area contributed by atoms with Gasteiger partial charge >= 0.3 is 11.9 Å². The minimum atomic E-state index is -1.15. The molecule has 2 N–H and O–H groups in total. The maximum absolute atomic E-state index is 10.6. The predicted molar refractivity (Wildman–Crippen MR) is 56.0 cm³/mol. The second-order valence-corrected chi connectivity index (χ2v) is 2.71. The van der Waals surface area contributed by atoms with Gasteiger partial charge in [-0.05, 0) is 6.42 Å². The van der Waals surface area contributed by atoms with Gasteiger partial charge in [0.25, 0.3) is 5.97 Å². The molecular formula is C10H16O6. The number of carbonyl (C=O) groups excluding carboxylic acids is 1. The van der Waals surface area contributed by atoms with Gasteiger partial charge in [-0.15, -0.1) is 0 Å². The summed E-state index contributed by atoms with van der Waals surface area (Å²) >= 11 is 0. The molecule has 0 aliphatic rings. The Balaban J connectivity index is 0. The molecule has 0 heterocycles.